The number of hydroxylamine groups is 2. The van der Waals surface area contributed by atoms with Crippen molar-refractivity contribution < 1.29 is 9.63 Å². The van der Waals surface area contributed by atoms with Crippen LogP contribution in [0, 0.1) is 12.8 Å². The topological polar surface area (TPSA) is 58.6 Å². The lowest BCUT2D eigenvalue weighted by molar-refractivity contribution is -0.174. The minimum Gasteiger partial charge on any atom is -0.356 e. The molecule has 0 N–H and O–H groups in total. The maximum Gasteiger partial charge on any atom is 0.249 e. The molecule has 0 aromatic carbocycles. The molecular formula is C13H20N4O2. The predicted octanol–water partition coefficient (Wildman–Crippen LogP) is 1.02. The van der Waals surface area contributed by atoms with Gasteiger partial charge in [0.1, 0.15) is 11.6 Å². The van der Waals surface area contributed by atoms with Crippen molar-refractivity contribution >= 4 is 11.7 Å². The highest BCUT2D eigenvalue weighted by Gasteiger charge is 2.27. The van der Waals surface area contributed by atoms with Crippen LogP contribution in [0.4, 0.5) is 5.82 Å². The van der Waals surface area contributed by atoms with Gasteiger partial charge >= 0.3 is 0 Å². The second-order valence-electron chi connectivity index (χ2n) is 4.74. The van der Waals surface area contributed by atoms with Crippen LogP contribution in [0.2, 0.25) is 0 Å². The van der Waals surface area contributed by atoms with E-state index in [0.29, 0.717) is 0 Å². The molecule has 19 heavy (non-hydrogen) atoms. The summed E-state index contributed by atoms with van der Waals surface area (Å²) in [5.74, 6) is 1.82. The Morgan fingerprint density at radius 1 is 1.47 bits per heavy atom. The van der Waals surface area contributed by atoms with Crippen LogP contribution in [0.5, 0.6) is 0 Å². The van der Waals surface area contributed by atoms with E-state index in [-0.39, 0.29) is 11.8 Å². The monoisotopic (exact) mass is 264 g/mol. The molecule has 6 nitrogen and oxygen atoms in total. The summed E-state index contributed by atoms with van der Waals surface area (Å²) in [7, 11) is 3.17. The van der Waals surface area contributed by atoms with Gasteiger partial charge in [-0.05, 0) is 25.8 Å². The van der Waals surface area contributed by atoms with E-state index in [1.807, 2.05) is 13.0 Å². The van der Waals surface area contributed by atoms with Crippen molar-refractivity contribution in [2.24, 2.45) is 5.92 Å². The summed E-state index contributed by atoms with van der Waals surface area (Å²) in [6.07, 6.45) is 3.43. The normalized spacial score (nSPS) is 16.5. The summed E-state index contributed by atoms with van der Waals surface area (Å²) in [6, 6.07) is 1.91. The average Bonchev–Trinajstić information content (AvgIpc) is 2.46. The predicted molar refractivity (Wildman–Crippen MR) is 71.5 cm³/mol. The van der Waals surface area contributed by atoms with E-state index >= 15 is 0 Å². The van der Waals surface area contributed by atoms with Crippen molar-refractivity contribution in [3.05, 3.63) is 18.1 Å². The first-order valence-electron chi connectivity index (χ1n) is 6.48. The van der Waals surface area contributed by atoms with E-state index in [4.69, 9.17) is 4.84 Å². The number of carbonyl (C=O) groups is 1. The molecule has 1 aliphatic rings. The third kappa shape index (κ3) is 3.20. The van der Waals surface area contributed by atoms with E-state index in [2.05, 4.69) is 14.9 Å². The minimum atomic E-state index is 0.0455. The molecule has 1 aliphatic heterocycles. The Bertz CT molecular complexity index is 444. The molecule has 1 saturated heterocycles. The third-order valence-corrected chi connectivity index (χ3v) is 3.51. The highest BCUT2D eigenvalue weighted by molar-refractivity contribution is 5.77. The Kier molecular flexibility index (Phi) is 4.31. The fourth-order valence-corrected chi connectivity index (χ4v) is 2.32. The number of amides is 1. The first-order valence-corrected chi connectivity index (χ1v) is 6.48. The Hall–Kier alpha value is -1.69. The molecule has 2 rings (SSSR count). The van der Waals surface area contributed by atoms with Gasteiger partial charge in [-0.1, -0.05) is 0 Å². The molecular weight excluding hydrogens is 244 g/mol. The molecule has 0 radical (unpaired) electrons. The molecule has 0 saturated carbocycles. The zero-order valence-corrected chi connectivity index (χ0v) is 11.7. The fraction of sp³-hybridized carbons (Fsp3) is 0.615. The summed E-state index contributed by atoms with van der Waals surface area (Å²) in [4.78, 5) is 27.6. The lowest BCUT2D eigenvalue weighted by Gasteiger charge is -2.33. The molecule has 0 atom stereocenters. The van der Waals surface area contributed by atoms with Crippen LogP contribution >= 0.6 is 0 Å². The zero-order chi connectivity index (χ0) is 13.8. The van der Waals surface area contributed by atoms with Gasteiger partial charge in [-0.15, -0.1) is 0 Å². The van der Waals surface area contributed by atoms with Gasteiger partial charge in [0.05, 0.1) is 7.11 Å². The van der Waals surface area contributed by atoms with E-state index in [0.717, 1.165) is 37.6 Å². The van der Waals surface area contributed by atoms with Gasteiger partial charge in [-0.25, -0.2) is 15.0 Å². The molecule has 1 amide bonds. The van der Waals surface area contributed by atoms with Gasteiger partial charge in [0, 0.05) is 32.3 Å². The van der Waals surface area contributed by atoms with Crippen molar-refractivity contribution in [3.63, 3.8) is 0 Å². The lowest BCUT2D eigenvalue weighted by atomic mass is 9.96. The second kappa shape index (κ2) is 5.97. The number of carbonyl (C=O) groups excluding carboxylic acids is 1. The summed E-state index contributed by atoms with van der Waals surface area (Å²) in [6.45, 7) is 3.56. The van der Waals surface area contributed by atoms with E-state index < -0.39 is 0 Å². The number of nitrogens with zero attached hydrogens (tertiary/aromatic N) is 4. The van der Waals surface area contributed by atoms with E-state index in [1.54, 1.807) is 13.2 Å². The van der Waals surface area contributed by atoms with Gasteiger partial charge in [0.15, 0.2) is 0 Å². The number of hydrogen-bond donors (Lipinski definition) is 0. The van der Waals surface area contributed by atoms with Gasteiger partial charge < -0.3 is 4.90 Å². The van der Waals surface area contributed by atoms with Crippen LogP contribution in [0.25, 0.3) is 0 Å². The maximum absolute atomic E-state index is 12.0. The quantitative estimate of drug-likeness (QED) is 0.763. The number of anilines is 1. The largest absolute Gasteiger partial charge is 0.356 e. The van der Waals surface area contributed by atoms with Crippen LogP contribution in [-0.4, -0.2) is 48.2 Å². The van der Waals surface area contributed by atoms with Crippen LogP contribution in [0.15, 0.2) is 12.3 Å². The summed E-state index contributed by atoms with van der Waals surface area (Å²) in [5, 5.41) is 1.31. The standard InChI is InChI=1S/C13H20N4O2/c1-10-14-7-4-12(15-10)17-8-5-11(6-9-17)13(18)16(2)19-3/h4,7,11H,5-6,8-9H2,1-3H3. The van der Waals surface area contributed by atoms with Crippen molar-refractivity contribution in [2.45, 2.75) is 19.8 Å². The highest BCUT2D eigenvalue weighted by Crippen LogP contribution is 2.22. The van der Waals surface area contributed by atoms with Crippen LogP contribution in [0.3, 0.4) is 0 Å². The van der Waals surface area contributed by atoms with Crippen molar-refractivity contribution in [1.82, 2.24) is 15.0 Å². The van der Waals surface area contributed by atoms with Gasteiger partial charge in [-0.2, -0.15) is 0 Å². The molecule has 1 aromatic rings. The van der Waals surface area contributed by atoms with Gasteiger partial charge in [0.25, 0.3) is 0 Å². The summed E-state index contributed by atoms with van der Waals surface area (Å²) < 4.78 is 0. The fourth-order valence-electron chi connectivity index (χ4n) is 2.32. The number of rotatable bonds is 3. The van der Waals surface area contributed by atoms with Crippen LogP contribution in [0.1, 0.15) is 18.7 Å². The number of piperidine rings is 1. The second-order valence-corrected chi connectivity index (χ2v) is 4.74. The molecule has 2 heterocycles. The van der Waals surface area contributed by atoms with Gasteiger partial charge in [0.2, 0.25) is 5.91 Å². The first-order chi connectivity index (χ1) is 9.11. The number of hydrogen-bond acceptors (Lipinski definition) is 5. The van der Waals surface area contributed by atoms with E-state index in [9.17, 15) is 4.79 Å². The SMILES string of the molecule is CON(C)C(=O)C1CCN(c2ccnc(C)n2)CC1. The maximum atomic E-state index is 12.0. The zero-order valence-electron chi connectivity index (χ0n) is 11.7. The molecule has 0 unspecified atom stereocenters. The molecule has 1 fully saturated rings. The number of aromatic nitrogens is 2. The van der Waals surface area contributed by atoms with Crippen LogP contribution in [-0.2, 0) is 9.63 Å². The highest BCUT2D eigenvalue weighted by atomic mass is 16.7. The van der Waals surface area contributed by atoms with Crippen molar-refractivity contribution in [1.29, 1.82) is 0 Å². The van der Waals surface area contributed by atoms with E-state index in [1.165, 1.54) is 12.2 Å². The Morgan fingerprint density at radius 3 is 2.74 bits per heavy atom. The minimum absolute atomic E-state index is 0.0455. The molecule has 0 bridgehead atoms. The Labute approximate surface area is 113 Å². The Morgan fingerprint density at radius 2 is 2.16 bits per heavy atom. The molecule has 0 aliphatic carbocycles. The average molecular weight is 264 g/mol. The lowest BCUT2D eigenvalue weighted by Crippen LogP contribution is -2.41. The molecule has 6 heteroatoms. The first kappa shape index (κ1) is 13.7. The number of aryl methyl sites for hydroxylation is 1. The Balaban J connectivity index is 1.94. The molecule has 104 valence electrons. The summed E-state index contributed by atoms with van der Waals surface area (Å²) in [5.41, 5.74) is 0. The molecule has 0 spiro atoms. The molecule has 1 aromatic heterocycles. The summed E-state index contributed by atoms with van der Waals surface area (Å²) >= 11 is 0. The smallest absolute Gasteiger partial charge is 0.249 e. The van der Waals surface area contributed by atoms with Crippen LogP contribution < -0.4 is 4.90 Å². The van der Waals surface area contributed by atoms with Crippen molar-refractivity contribution in [3.8, 4) is 0 Å². The van der Waals surface area contributed by atoms with Crippen molar-refractivity contribution in [2.75, 3.05) is 32.1 Å². The third-order valence-electron chi connectivity index (χ3n) is 3.51. The van der Waals surface area contributed by atoms with Gasteiger partial charge in [-0.3, -0.25) is 9.63 Å².